The fourth-order valence-corrected chi connectivity index (χ4v) is 3.36. The number of pyridine rings is 1. The maximum absolute atomic E-state index is 13.1. The summed E-state index contributed by atoms with van der Waals surface area (Å²) < 4.78 is 0. The molecular formula is C22H30N2O. The van der Waals surface area contributed by atoms with Crippen LogP contribution in [0.2, 0.25) is 0 Å². The number of carbonyl (C=O) groups is 1. The number of benzene rings is 1. The molecule has 1 heterocycles. The van der Waals surface area contributed by atoms with E-state index in [1.807, 2.05) is 13.8 Å². The molecule has 0 saturated carbocycles. The van der Waals surface area contributed by atoms with Crippen molar-refractivity contribution in [2.75, 3.05) is 5.32 Å². The third-order valence-corrected chi connectivity index (χ3v) is 4.67. The minimum atomic E-state index is -0.0355. The molecule has 3 heteroatoms. The van der Waals surface area contributed by atoms with Crippen molar-refractivity contribution >= 4 is 11.6 Å². The number of hydrogen-bond donors (Lipinski definition) is 1. The highest BCUT2D eigenvalue weighted by atomic mass is 16.1. The van der Waals surface area contributed by atoms with E-state index in [1.165, 1.54) is 11.1 Å². The van der Waals surface area contributed by atoms with Gasteiger partial charge >= 0.3 is 0 Å². The van der Waals surface area contributed by atoms with E-state index in [9.17, 15) is 4.79 Å². The summed E-state index contributed by atoms with van der Waals surface area (Å²) in [5.74, 6) is -0.0355. The highest BCUT2D eigenvalue weighted by Crippen LogP contribution is 2.25. The van der Waals surface area contributed by atoms with Crippen molar-refractivity contribution in [3.05, 3.63) is 57.9 Å². The predicted octanol–water partition coefficient (Wildman–Crippen LogP) is 5.42. The van der Waals surface area contributed by atoms with E-state index < -0.39 is 0 Å². The number of rotatable bonds is 7. The maximum Gasteiger partial charge on any atom is 0.257 e. The number of para-hydroxylation sites is 1. The quantitative estimate of drug-likeness (QED) is 0.732. The van der Waals surface area contributed by atoms with E-state index in [0.717, 1.165) is 60.3 Å². The van der Waals surface area contributed by atoms with Gasteiger partial charge in [-0.2, -0.15) is 0 Å². The number of hydrogen-bond acceptors (Lipinski definition) is 2. The van der Waals surface area contributed by atoms with Crippen LogP contribution < -0.4 is 5.32 Å². The zero-order valence-corrected chi connectivity index (χ0v) is 16.2. The summed E-state index contributed by atoms with van der Waals surface area (Å²) in [7, 11) is 0. The zero-order chi connectivity index (χ0) is 18.4. The van der Waals surface area contributed by atoms with Gasteiger partial charge in [0.15, 0.2) is 0 Å². The first-order valence-electron chi connectivity index (χ1n) is 9.40. The van der Waals surface area contributed by atoms with Crippen LogP contribution in [0, 0.1) is 13.8 Å². The van der Waals surface area contributed by atoms with Crippen molar-refractivity contribution in [1.82, 2.24) is 4.98 Å². The van der Waals surface area contributed by atoms with Gasteiger partial charge < -0.3 is 5.32 Å². The summed E-state index contributed by atoms with van der Waals surface area (Å²) in [6.45, 7) is 10.3. The first-order valence-corrected chi connectivity index (χ1v) is 9.40. The Kier molecular flexibility index (Phi) is 6.74. The number of aryl methyl sites for hydroxylation is 5. The summed E-state index contributed by atoms with van der Waals surface area (Å²) in [5, 5.41) is 3.20. The topological polar surface area (TPSA) is 42.0 Å². The van der Waals surface area contributed by atoms with Crippen molar-refractivity contribution < 1.29 is 4.79 Å². The zero-order valence-electron chi connectivity index (χ0n) is 16.2. The number of nitrogens with zero attached hydrogens (tertiary/aromatic N) is 1. The molecule has 3 nitrogen and oxygen atoms in total. The van der Waals surface area contributed by atoms with E-state index in [0.29, 0.717) is 0 Å². The summed E-state index contributed by atoms with van der Waals surface area (Å²) in [6, 6.07) is 8.31. The standard InChI is InChI=1S/C22H30N2O/c1-6-9-11-19-14-15(4)23-16(5)20(19)22(25)24-21-17(7-2)12-10-13-18(21)8-3/h10,12-14H,6-9,11H2,1-5H3,(H,24,25). The molecule has 0 aliphatic carbocycles. The summed E-state index contributed by atoms with van der Waals surface area (Å²) in [6.07, 6.45) is 4.91. The van der Waals surface area contributed by atoms with Crippen LogP contribution in [0.1, 0.15) is 72.0 Å². The Hall–Kier alpha value is -2.16. The SMILES string of the molecule is CCCCc1cc(C)nc(C)c1C(=O)Nc1c(CC)cccc1CC. The van der Waals surface area contributed by atoms with Gasteiger partial charge in [-0.15, -0.1) is 0 Å². The van der Waals surface area contributed by atoms with Gasteiger partial charge in [0.25, 0.3) is 5.91 Å². The number of anilines is 1. The highest BCUT2D eigenvalue weighted by molar-refractivity contribution is 6.06. The third kappa shape index (κ3) is 4.47. The van der Waals surface area contributed by atoms with Gasteiger partial charge in [-0.25, -0.2) is 0 Å². The van der Waals surface area contributed by atoms with Gasteiger partial charge in [-0.1, -0.05) is 45.4 Å². The molecule has 0 fully saturated rings. The minimum Gasteiger partial charge on any atom is -0.321 e. The summed E-state index contributed by atoms with van der Waals surface area (Å²) in [4.78, 5) is 17.6. The van der Waals surface area contributed by atoms with Crippen LogP contribution in [-0.2, 0) is 19.3 Å². The second-order valence-electron chi connectivity index (χ2n) is 6.60. The van der Waals surface area contributed by atoms with Gasteiger partial charge in [-0.05, 0) is 62.3 Å². The molecule has 0 aliphatic heterocycles. The molecule has 2 rings (SSSR count). The van der Waals surface area contributed by atoms with Crippen molar-refractivity contribution in [3.63, 3.8) is 0 Å². The van der Waals surface area contributed by atoms with E-state index in [4.69, 9.17) is 0 Å². The van der Waals surface area contributed by atoms with Crippen LogP contribution in [0.5, 0.6) is 0 Å². The fourth-order valence-electron chi connectivity index (χ4n) is 3.36. The van der Waals surface area contributed by atoms with Crippen LogP contribution in [0.15, 0.2) is 24.3 Å². The summed E-state index contributed by atoms with van der Waals surface area (Å²) >= 11 is 0. The number of nitrogens with one attached hydrogen (secondary N) is 1. The molecule has 25 heavy (non-hydrogen) atoms. The summed E-state index contributed by atoms with van der Waals surface area (Å²) in [5.41, 5.74) is 6.97. The number of unbranched alkanes of at least 4 members (excludes halogenated alkanes) is 1. The molecule has 1 aromatic heterocycles. The molecule has 134 valence electrons. The van der Waals surface area contributed by atoms with E-state index in [1.54, 1.807) is 0 Å². The normalized spacial score (nSPS) is 10.8. The Labute approximate surface area is 151 Å². The van der Waals surface area contributed by atoms with Gasteiger partial charge in [-0.3, -0.25) is 9.78 Å². The molecule has 0 aliphatic rings. The lowest BCUT2D eigenvalue weighted by Crippen LogP contribution is -2.19. The van der Waals surface area contributed by atoms with E-state index in [2.05, 4.69) is 55.3 Å². The minimum absolute atomic E-state index is 0.0355. The second kappa shape index (κ2) is 8.80. The second-order valence-corrected chi connectivity index (χ2v) is 6.60. The van der Waals surface area contributed by atoms with Gasteiger partial charge in [0.2, 0.25) is 0 Å². The first-order chi connectivity index (χ1) is 12.0. The average molecular weight is 338 g/mol. The Bertz CT molecular complexity index is 728. The van der Waals surface area contributed by atoms with Crippen molar-refractivity contribution in [2.45, 2.75) is 66.7 Å². The monoisotopic (exact) mass is 338 g/mol. The molecule has 0 bridgehead atoms. The lowest BCUT2D eigenvalue weighted by molar-refractivity contribution is 0.102. The molecular weight excluding hydrogens is 308 g/mol. The Morgan fingerprint density at radius 3 is 2.24 bits per heavy atom. The van der Waals surface area contributed by atoms with Crippen LogP contribution in [0.4, 0.5) is 5.69 Å². The predicted molar refractivity (Wildman–Crippen MR) is 105 cm³/mol. The molecule has 1 amide bonds. The Morgan fingerprint density at radius 1 is 1.04 bits per heavy atom. The average Bonchev–Trinajstić information content (AvgIpc) is 2.59. The van der Waals surface area contributed by atoms with Crippen molar-refractivity contribution in [2.24, 2.45) is 0 Å². The molecule has 0 atom stereocenters. The first kappa shape index (κ1) is 19.2. The molecule has 1 N–H and O–H groups in total. The van der Waals surface area contributed by atoms with Crippen LogP contribution in [0.25, 0.3) is 0 Å². The highest BCUT2D eigenvalue weighted by Gasteiger charge is 2.18. The number of aromatic nitrogens is 1. The third-order valence-electron chi connectivity index (χ3n) is 4.67. The Morgan fingerprint density at radius 2 is 1.68 bits per heavy atom. The lowest BCUT2D eigenvalue weighted by Gasteiger charge is -2.17. The van der Waals surface area contributed by atoms with Gasteiger partial charge in [0.05, 0.1) is 11.3 Å². The van der Waals surface area contributed by atoms with E-state index >= 15 is 0 Å². The number of amides is 1. The van der Waals surface area contributed by atoms with Crippen LogP contribution >= 0.6 is 0 Å². The van der Waals surface area contributed by atoms with Crippen LogP contribution in [0.3, 0.4) is 0 Å². The molecule has 0 spiro atoms. The molecule has 0 unspecified atom stereocenters. The van der Waals surface area contributed by atoms with E-state index in [-0.39, 0.29) is 5.91 Å². The number of carbonyl (C=O) groups excluding carboxylic acids is 1. The fraction of sp³-hybridized carbons (Fsp3) is 0.455. The van der Waals surface area contributed by atoms with Gasteiger partial charge in [0.1, 0.15) is 0 Å². The lowest BCUT2D eigenvalue weighted by atomic mass is 9.98. The van der Waals surface area contributed by atoms with Crippen molar-refractivity contribution in [3.8, 4) is 0 Å². The molecule has 2 aromatic rings. The molecule has 1 aromatic carbocycles. The van der Waals surface area contributed by atoms with Gasteiger partial charge in [0, 0.05) is 11.4 Å². The molecule has 0 saturated heterocycles. The van der Waals surface area contributed by atoms with Crippen LogP contribution in [-0.4, -0.2) is 10.9 Å². The molecule has 0 radical (unpaired) electrons. The maximum atomic E-state index is 13.1. The smallest absolute Gasteiger partial charge is 0.257 e. The van der Waals surface area contributed by atoms with Crippen molar-refractivity contribution in [1.29, 1.82) is 0 Å². The largest absolute Gasteiger partial charge is 0.321 e. The Balaban J connectivity index is 2.42.